The molecule has 2 N–H and O–H groups in total. The van der Waals surface area contributed by atoms with Crippen molar-refractivity contribution in [2.24, 2.45) is 5.41 Å². The quantitative estimate of drug-likeness (QED) is 0.883. The zero-order chi connectivity index (χ0) is 18.0. The zero-order valence-electron chi connectivity index (χ0n) is 15.3. The number of carbonyl (C=O) groups is 2. The molecule has 1 aromatic rings. The van der Waals surface area contributed by atoms with Crippen molar-refractivity contribution in [1.29, 1.82) is 0 Å². The van der Waals surface area contributed by atoms with Crippen molar-refractivity contribution in [1.82, 2.24) is 15.2 Å². The smallest absolute Gasteiger partial charge is 0.243 e. The molecule has 0 aromatic carbocycles. The van der Waals surface area contributed by atoms with Crippen LogP contribution < -0.4 is 10.6 Å². The molecule has 2 unspecified atom stereocenters. The van der Waals surface area contributed by atoms with Crippen LogP contribution in [0, 0.1) is 5.41 Å². The molecule has 2 atom stereocenters. The molecule has 2 amide bonds. The van der Waals surface area contributed by atoms with Gasteiger partial charge in [0.2, 0.25) is 11.8 Å². The van der Waals surface area contributed by atoms with E-state index < -0.39 is 0 Å². The van der Waals surface area contributed by atoms with Gasteiger partial charge in [-0.05, 0) is 30.7 Å². The van der Waals surface area contributed by atoms with E-state index in [0.29, 0.717) is 13.0 Å². The Morgan fingerprint density at radius 3 is 2.92 bits per heavy atom. The predicted molar refractivity (Wildman–Crippen MR) is 97.0 cm³/mol. The van der Waals surface area contributed by atoms with Gasteiger partial charge < -0.3 is 15.5 Å². The van der Waals surface area contributed by atoms with Crippen LogP contribution in [0.15, 0.2) is 18.3 Å². The number of fused-ring (bicyclic) bond motifs is 1. The number of aromatic nitrogens is 1. The Bertz CT molecular complexity index is 653. The molecule has 25 heavy (non-hydrogen) atoms. The van der Waals surface area contributed by atoms with Crippen molar-refractivity contribution in [2.45, 2.75) is 58.5 Å². The summed E-state index contributed by atoms with van der Waals surface area (Å²) in [7, 11) is 0. The molecule has 2 aliphatic heterocycles. The Morgan fingerprint density at radius 1 is 1.36 bits per heavy atom. The topological polar surface area (TPSA) is 74.3 Å². The van der Waals surface area contributed by atoms with Crippen molar-refractivity contribution in [2.75, 3.05) is 18.4 Å². The summed E-state index contributed by atoms with van der Waals surface area (Å²) in [6.45, 7) is 7.61. The molecule has 0 saturated carbocycles. The van der Waals surface area contributed by atoms with E-state index in [4.69, 9.17) is 0 Å². The van der Waals surface area contributed by atoms with Crippen LogP contribution in [0.1, 0.15) is 58.1 Å². The average molecular weight is 344 g/mol. The summed E-state index contributed by atoms with van der Waals surface area (Å²) in [4.78, 5) is 31.6. The monoisotopic (exact) mass is 344 g/mol. The minimum atomic E-state index is -0.343. The molecule has 0 radical (unpaired) electrons. The van der Waals surface area contributed by atoms with E-state index in [-0.39, 0.29) is 29.3 Å². The number of anilines is 1. The normalized spacial score (nSPS) is 22.9. The summed E-state index contributed by atoms with van der Waals surface area (Å²) < 4.78 is 0. The molecule has 136 valence electrons. The van der Waals surface area contributed by atoms with Crippen LogP contribution in [0.5, 0.6) is 0 Å². The highest BCUT2D eigenvalue weighted by molar-refractivity contribution is 5.88. The lowest BCUT2D eigenvalue weighted by Crippen LogP contribution is -2.48. The number of hydrogen-bond acceptors (Lipinski definition) is 4. The summed E-state index contributed by atoms with van der Waals surface area (Å²) >= 11 is 0. The summed E-state index contributed by atoms with van der Waals surface area (Å²) in [5, 5.41) is 6.41. The van der Waals surface area contributed by atoms with Gasteiger partial charge in [0, 0.05) is 31.3 Å². The maximum atomic E-state index is 12.9. The first-order valence-corrected chi connectivity index (χ1v) is 9.14. The lowest BCUT2D eigenvalue weighted by Gasteiger charge is -2.31. The molecular weight excluding hydrogens is 316 g/mol. The third-order valence-electron chi connectivity index (χ3n) is 4.81. The Balaban J connectivity index is 1.68. The molecule has 0 spiro atoms. The molecule has 0 bridgehead atoms. The molecule has 1 fully saturated rings. The molecule has 6 nitrogen and oxygen atoms in total. The second-order valence-corrected chi connectivity index (χ2v) is 8.20. The molecule has 1 saturated heterocycles. The van der Waals surface area contributed by atoms with Gasteiger partial charge in [0.15, 0.2) is 0 Å². The number of nitrogens with zero attached hydrogens (tertiary/aromatic N) is 2. The van der Waals surface area contributed by atoms with E-state index in [9.17, 15) is 9.59 Å². The largest absolute Gasteiger partial charge is 0.370 e. The van der Waals surface area contributed by atoms with E-state index >= 15 is 0 Å². The first-order chi connectivity index (χ1) is 11.8. The minimum absolute atomic E-state index is 0.0403. The number of rotatable bonds is 3. The third-order valence-corrected chi connectivity index (χ3v) is 4.81. The first-order valence-electron chi connectivity index (χ1n) is 9.14. The average Bonchev–Trinajstić information content (AvgIpc) is 3.03. The van der Waals surface area contributed by atoms with Crippen LogP contribution >= 0.6 is 0 Å². The van der Waals surface area contributed by atoms with E-state index in [0.717, 1.165) is 37.2 Å². The van der Waals surface area contributed by atoms with Crippen LogP contribution in [-0.4, -0.2) is 40.8 Å². The van der Waals surface area contributed by atoms with Gasteiger partial charge in [0.1, 0.15) is 11.9 Å². The summed E-state index contributed by atoms with van der Waals surface area (Å²) in [5.41, 5.74) is 0.952. The number of pyridine rings is 1. The van der Waals surface area contributed by atoms with Crippen LogP contribution in [0.2, 0.25) is 0 Å². The Hall–Kier alpha value is -2.11. The van der Waals surface area contributed by atoms with Crippen molar-refractivity contribution in [3.63, 3.8) is 0 Å². The van der Waals surface area contributed by atoms with Gasteiger partial charge in [-0.3, -0.25) is 9.59 Å². The van der Waals surface area contributed by atoms with Crippen LogP contribution in [-0.2, 0) is 9.59 Å². The summed E-state index contributed by atoms with van der Waals surface area (Å²) in [5.74, 6) is 0.880. The SMILES string of the molecule is CC(C)(C)CC(=O)N1CCCC1C(=O)NC1CCNc2ncccc21. The van der Waals surface area contributed by atoms with Gasteiger partial charge in [-0.2, -0.15) is 0 Å². The van der Waals surface area contributed by atoms with Crippen molar-refractivity contribution < 1.29 is 9.59 Å². The van der Waals surface area contributed by atoms with E-state index in [1.165, 1.54) is 0 Å². The summed E-state index contributed by atoms with van der Waals surface area (Å²) in [6, 6.07) is 3.50. The molecule has 3 rings (SSSR count). The van der Waals surface area contributed by atoms with Crippen LogP contribution in [0.3, 0.4) is 0 Å². The highest BCUT2D eigenvalue weighted by atomic mass is 16.2. The minimum Gasteiger partial charge on any atom is -0.370 e. The highest BCUT2D eigenvalue weighted by Crippen LogP contribution is 2.29. The van der Waals surface area contributed by atoms with Crippen molar-refractivity contribution in [3.8, 4) is 0 Å². The lowest BCUT2D eigenvalue weighted by molar-refractivity contribution is -0.140. The second kappa shape index (κ2) is 7.02. The third kappa shape index (κ3) is 4.11. The summed E-state index contributed by atoms with van der Waals surface area (Å²) in [6.07, 6.45) is 4.68. The molecule has 2 aliphatic rings. The highest BCUT2D eigenvalue weighted by Gasteiger charge is 2.36. The van der Waals surface area contributed by atoms with Gasteiger partial charge in [0.25, 0.3) is 0 Å². The Labute approximate surface area is 149 Å². The maximum Gasteiger partial charge on any atom is 0.243 e. The Morgan fingerprint density at radius 2 is 2.16 bits per heavy atom. The lowest BCUT2D eigenvalue weighted by atomic mass is 9.91. The number of hydrogen-bond donors (Lipinski definition) is 2. The van der Waals surface area contributed by atoms with E-state index in [1.807, 2.05) is 12.1 Å². The predicted octanol–water partition coefficient (Wildman–Crippen LogP) is 2.48. The number of likely N-dealkylation sites (tertiary alicyclic amines) is 1. The number of nitrogens with one attached hydrogen (secondary N) is 2. The standard InChI is InChI=1S/C19H28N4O2/c1-19(2,3)12-16(24)23-11-5-7-15(23)18(25)22-14-8-10-21-17-13(14)6-4-9-20-17/h4,6,9,14-15H,5,7-8,10-12H2,1-3H3,(H,20,21)(H,22,25). The van der Waals surface area contributed by atoms with Crippen molar-refractivity contribution in [3.05, 3.63) is 23.9 Å². The fourth-order valence-electron chi connectivity index (χ4n) is 3.65. The molecule has 1 aromatic heterocycles. The Kier molecular flexibility index (Phi) is 4.97. The molecule has 0 aliphatic carbocycles. The van der Waals surface area contributed by atoms with Gasteiger partial charge in [0.05, 0.1) is 6.04 Å². The maximum absolute atomic E-state index is 12.9. The van der Waals surface area contributed by atoms with Crippen LogP contribution in [0.25, 0.3) is 0 Å². The van der Waals surface area contributed by atoms with E-state index in [1.54, 1.807) is 11.1 Å². The molecule has 6 heteroatoms. The van der Waals surface area contributed by atoms with Gasteiger partial charge >= 0.3 is 0 Å². The van der Waals surface area contributed by atoms with E-state index in [2.05, 4.69) is 36.4 Å². The van der Waals surface area contributed by atoms with Crippen molar-refractivity contribution >= 4 is 17.6 Å². The zero-order valence-corrected chi connectivity index (χ0v) is 15.3. The number of carbonyl (C=O) groups excluding carboxylic acids is 2. The van der Waals surface area contributed by atoms with Crippen LogP contribution in [0.4, 0.5) is 5.82 Å². The first kappa shape index (κ1) is 17.7. The number of amides is 2. The fourth-order valence-corrected chi connectivity index (χ4v) is 3.65. The van der Waals surface area contributed by atoms with Gasteiger partial charge in [-0.15, -0.1) is 0 Å². The van der Waals surface area contributed by atoms with Gasteiger partial charge in [-0.25, -0.2) is 4.98 Å². The molecular formula is C19H28N4O2. The second-order valence-electron chi connectivity index (χ2n) is 8.20. The van der Waals surface area contributed by atoms with Gasteiger partial charge in [-0.1, -0.05) is 26.8 Å². The fraction of sp³-hybridized carbons (Fsp3) is 0.632. The molecule has 3 heterocycles.